The Morgan fingerprint density at radius 3 is 2.67 bits per heavy atom. The normalized spacial score (nSPS) is 11.8. The van der Waals surface area contributed by atoms with Crippen LogP contribution in [0.25, 0.3) is 0 Å². The highest BCUT2D eigenvalue weighted by atomic mass is 32.2. The number of oxazole rings is 1. The average molecular weight is 309 g/mol. The molecule has 0 unspecified atom stereocenters. The van der Waals surface area contributed by atoms with E-state index in [1.54, 1.807) is 19.2 Å². The van der Waals surface area contributed by atoms with E-state index in [2.05, 4.69) is 9.71 Å². The van der Waals surface area contributed by atoms with Crippen LogP contribution in [0.15, 0.2) is 27.6 Å². The Kier molecular flexibility index (Phi) is 4.34. The van der Waals surface area contributed by atoms with E-state index in [0.29, 0.717) is 23.6 Å². The zero-order valence-corrected chi connectivity index (χ0v) is 13.1. The molecule has 0 bridgehead atoms. The van der Waals surface area contributed by atoms with Crippen molar-refractivity contribution < 1.29 is 12.8 Å². The third-order valence-corrected chi connectivity index (χ3v) is 4.82. The lowest BCUT2D eigenvalue weighted by atomic mass is 10.1. The molecule has 0 atom stereocenters. The molecule has 0 aliphatic heterocycles. The molecular formula is C14H19N3O3S. The summed E-state index contributed by atoms with van der Waals surface area (Å²) in [6.45, 7) is 5.53. The number of rotatable bonds is 5. The molecule has 0 saturated carbocycles. The van der Waals surface area contributed by atoms with E-state index in [0.717, 1.165) is 11.3 Å². The Hall–Kier alpha value is -1.86. The summed E-state index contributed by atoms with van der Waals surface area (Å²) in [5, 5.41) is 0. The Bertz CT molecular complexity index is 751. The Balaban J connectivity index is 2.22. The van der Waals surface area contributed by atoms with Crippen molar-refractivity contribution in [2.75, 3.05) is 5.73 Å². The summed E-state index contributed by atoms with van der Waals surface area (Å²) in [6, 6.07) is 3.20. The molecule has 0 aliphatic rings. The van der Waals surface area contributed by atoms with Crippen molar-refractivity contribution in [3.63, 3.8) is 0 Å². The quantitative estimate of drug-likeness (QED) is 0.822. The molecule has 7 heteroatoms. The lowest BCUT2D eigenvalue weighted by molar-refractivity contribution is 0.452. The molecule has 0 fully saturated rings. The summed E-state index contributed by atoms with van der Waals surface area (Å²) in [5.74, 6) is 1.06. The van der Waals surface area contributed by atoms with Crippen molar-refractivity contribution in [1.29, 1.82) is 0 Å². The summed E-state index contributed by atoms with van der Waals surface area (Å²) in [7, 11) is -3.66. The van der Waals surface area contributed by atoms with Gasteiger partial charge in [0.25, 0.3) is 0 Å². The number of nitrogens with two attached hydrogens (primary N) is 1. The molecule has 6 nitrogen and oxygen atoms in total. The van der Waals surface area contributed by atoms with E-state index in [9.17, 15) is 8.42 Å². The minimum atomic E-state index is -3.66. The highest BCUT2D eigenvalue weighted by molar-refractivity contribution is 7.89. The first-order valence-corrected chi connectivity index (χ1v) is 8.11. The Morgan fingerprint density at radius 1 is 1.33 bits per heavy atom. The fourth-order valence-electron chi connectivity index (χ4n) is 1.96. The fourth-order valence-corrected chi connectivity index (χ4v) is 3.29. The van der Waals surface area contributed by atoms with Gasteiger partial charge in [-0.05, 0) is 37.1 Å². The zero-order chi connectivity index (χ0) is 15.6. The Labute approximate surface area is 124 Å². The first kappa shape index (κ1) is 15.5. The minimum absolute atomic E-state index is 0.00954. The van der Waals surface area contributed by atoms with Crippen molar-refractivity contribution in [2.24, 2.45) is 0 Å². The number of hydrogen-bond donors (Lipinski definition) is 2. The van der Waals surface area contributed by atoms with Crippen molar-refractivity contribution in [1.82, 2.24) is 9.71 Å². The van der Waals surface area contributed by atoms with E-state index in [1.807, 2.05) is 13.8 Å². The molecule has 2 rings (SSSR count). The standard InChI is InChI=1S/C14H19N3O3S/c1-4-12-7-16-14(20-12)8-17-21(18,19)13-6-11(15)5-9(2)10(13)3/h5-7,17H,4,8,15H2,1-3H3. The van der Waals surface area contributed by atoms with Crippen molar-refractivity contribution in [3.05, 3.63) is 41.1 Å². The average Bonchev–Trinajstić information content (AvgIpc) is 2.88. The highest BCUT2D eigenvalue weighted by Gasteiger charge is 2.19. The second-order valence-corrected chi connectivity index (χ2v) is 6.59. The lowest BCUT2D eigenvalue weighted by Crippen LogP contribution is -2.24. The molecule has 1 heterocycles. The van der Waals surface area contributed by atoms with Crippen LogP contribution >= 0.6 is 0 Å². The minimum Gasteiger partial charge on any atom is -0.444 e. The predicted octanol–water partition coefficient (Wildman–Crippen LogP) is 1.91. The third kappa shape index (κ3) is 3.43. The van der Waals surface area contributed by atoms with Gasteiger partial charge < -0.3 is 10.2 Å². The monoisotopic (exact) mass is 309 g/mol. The smallest absolute Gasteiger partial charge is 0.241 e. The first-order chi connectivity index (χ1) is 9.83. The summed E-state index contributed by atoms with van der Waals surface area (Å²) in [4.78, 5) is 4.21. The topological polar surface area (TPSA) is 98.2 Å². The van der Waals surface area contributed by atoms with Gasteiger partial charge >= 0.3 is 0 Å². The van der Waals surface area contributed by atoms with Gasteiger partial charge in [-0.15, -0.1) is 0 Å². The van der Waals surface area contributed by atoms with E-state index in [4.69, 9.17) is 10.2 Å². The van der Waals surface area contributed by atoms with Gasteiger partial charge in [0.05, 0.1) is 17.6 Å². The van der Waals surface area contributed by atoms with E-state index in [-0.39, 0.29) is 11.4 Å². The number of nitrogens with one attached hydrogen (secondary N) is 1. The molecule has 0 amide bonds. The second-order valence-electron chi connectivity index (χ2n) is 4.86. The third-order valence-electron chi connectivity index (χ3n) is 3.29. The molecule has 0 saturated heterocycles. The van der Waals surface area contributed by atoms with Crippen LogP contribution in [-0.4, -0.2) is 13.4 Å². The number of hydrogen-bond acceptors (Lipinski definition) is 5. The number of anilines is 1. The molecular weight excluding hydrogens is 290 g/mol. The van der Waals surface area contributed by atoms with Crippen LogP contribution in [0.1, 0.15) is 29.7 Å². The number of nitrogen functional groups attached to an aromatic ring is 1. The number of aromatic nitrogens is 1. The molecule has 0 aliphatic carbocycles. The summed E-state index contributed by atoms with van der Waals surface area (Å²) < 4.78 is 32.6. The van der Waals surface area contributed by atoms with Crippen LogP contribution in [0.5, 0.6) is 0 Å². The number of benzene rings is 1. The van der Waals surface area contributed by atoms with E-state index < -0.39 is 10.0 Å². The van der Waals surface area contributed by atoms with Gasteiger partial charge in [-0.3, -0.25) is 0 Å². The van der Waals surface area contributed by atoms with Crippen molar-refractivity contribution in [3.8, 4) is 0 Å². The molecule has 0 spiro atoms. The summed E-state index contributed by atoms with van der Waals surface area (Å²) in [5.41, 5.74) is 7.66. The maximum absolute atomic E-state index is 12.4. The second kappa shape index (κ2) is 5.87. The van der Waals surface area contributed by atoms with Gasteiger partial charge in [0.1, 0.15) is 5.76 Å². The van der Waals surface area contributed by atoms with Gasteiger partial charge in [0.15, 0.2) is 0 Å². The molecule has 114 valence electrons. The van der Waals surface area contributed by atoms with E-state index in [1.165, 1.54) is 6.07 Å². The lowest BCUT2D eigenvalue weighted by Gasteiger charge is -2.11. The fraction of sp³-hybridized carbons (Fsp3) is 0.357. The van der Waals surface area contributed by atoms with Gasteiger partial charge in [-0.25, -0.2) is 18.1 Å². The number of sulfonamides is 1. The maximum Gasteiger partial charge on any atom is 0.241 e. The van der Waals surface area contributed by atoms with Crippen LogP contribution in [0.2, 0.25) is 0 Å². The van der Waals surface area contributed by atoms with Gasteiger partial charge in [0.2, 0.25) is 15.9 Å². The molecule has 0 radical (unpaired) electrons. The van der Waals surface area contributed by atoms with Gasteiger partial charge in [-0.2, -0.15) is 0 Å². The van der Waals surface area contributed by atoms with Crippen LogP contribution in [0, 0.1) is 13.8 Å². The predicted molar refractivity (Wildman–Crippen MR) is 80.2 cm³/mol. The SMILES string of the molecule is CCc1cnc(CNS(=O)(=O)c2cc(N)cc(C)c2C)o1. The maximum atomic E-state index is 12.4. The molecule has 1 aromatic carbocycles. The zero-order valence-electron chi connectivity index (χ0n) is 12.3. The molecule has 21 heavy (non-hydrogen) atoms. The summed E-state index contributed by atoms with van der Waals surface area (Å²) >= 11 is 0. The molecule has 1 aromatic heterocycles. The van der Waals surface area contributed by atoms with Crippen LogP contribution in [-0.2, 0) is 23.0 Å². The van der Waals surface area contributed by atoms with Crippen LogP contribution in [0.3, 0.4) is 0 Å². The van der Waals surface area contributed by atoms with Gasteiger partial charge in [-0.1, -0.05) is 6.92 Å². The van der Waals surface area contributed by atoms with E-state index >= 15 is 0 Å². The van der Waals surface area contributed by atoms with Crippen molar-refractivity contribution >= 4 is 15.7 Å². The van der Waals surface area contributed by atoms with Crippen molar-refractivity contribution in [2.45, 2.75) is 38.6 Å². The van der Waals surface area contributed by atoms with Gasteiger partial charge in [0, 0.05) is 12.1 Å². The van der Waals surface area contributed by atoms with Crippen LogP contribution < -0.4 is 10.5 Å². The number of aryl methyl sites for hydroxylation is 2. The first-order valence-electron chi connectivity index (χ1n) is 6.63. The highest BCUT2D eigenvalue weighted by Crippen LogP contribution is 2.22. The summed E-state index contributed by atoms with van der Waals surface area (Å²) in [6.07, 6.45) is 2.31. The largest absolute Gasteiger partial charge is 0.444 e. The number of nitrogens with zero attached hydrogens (tertiary/aromatic N) is 1. The Morgan fingerprint density at radius 2 is 2.05 bits per heavy atom. The van der Waals surface area contributed by atoms with Crippen LogP contribution in [0.4, 0.5) is 5.69 Å². The molecule has 2 aromatic rings. The molecule has 3 N–H and O–H groups in total.